The molecule has 21 heavy (non-hydrogen) atoms. The van der Waals surface area contributed by atoms with Gasteiger partial charge in [-0.05, 0) is 12.5 Å². The molecule has 0 aliphatic carbocycles. The summed E-state index contributed by atoms with van der Waals surface area (Å²) in [4.78, 5) is 15.7. The second-order valence-electron chi connectivity index (χ2n) is 5.36. The lowest BCUT2D eigenvalue weighted by atomic mass is 10.2. The number of carbonyl (C=O) groups is 1. The predicted octanol–water partition coefficient (Wildman–Crippen LogP) is 1.08. The fraction of sp³-hybridized carbons (Fsp3) is 0.562. The Morgan fingerprint density at radius 2 is 2.05 bits per heavy atom. The number of nitrogens with two attached hydrogens (primary N) is 1. The number of amides is 1. The van der Waals surface area contributed by atoms with Crippen LogP contribution in [0.5, 0.6) is 5.75 Å². The van der Waals surface area contributed by atoms with E-state index in [-0.39, 0.29) is 5.91 Å². The number of carbonyl (C=O) groups excluding carboxylic acids is 1. The van der Waals surface area contributed by atoms with Crippen LogP contribution in [-0.2, 0) is 11.3 Å². The van der Waals surface area contributed by atoms with Gasteiger partial charge in [-0.2, -0.15) is 0 Å². The highest BCUT2D eigenvalue weighted by atomic mass is 16.5. The Kier molecular flexibility index (Phi) is 6.02. The molecule has 0 aromatic heterocycles. The Hall–Kier alpha value is -1.59. The average Bonchev–Trinajstić information content (AvgIpc) is 2.73. The van der Waals surface area contributed by atoms with Gasteiger partial charge < -0.3 is 15.4 Å². The van der Waals surface area contributed by atoms with Crippen molar-refractivity contribution in [1.82, 2.24) is 9.80 Å². The zero-order valence-electron chi connectivity index (χ0n) is 12.8. The van der Waals surface area contributed by atoms with E-state index in [0.29, 0.717) is 13.2 Å². The lowest BCUT2D eigenvalue weighted by Crippen LogP contribution is -2.35. The molecule has 1 aromatic rings. The zero-order valence-corrected chi connectivity index (χ0v) is 12.8. The van der Waals surface area contributed by atoms with Gasteiger partial charge in [0.15, 0.2) is 0 Å². The first-order chi connectivity index (χ1) is 10.2. The Morgan fingerprint density at radius 1 is 1.24 bits per heavy atom. The van der Waals surface area contributed by atoms with Crippen molar-refractivity contribution in [2.45, 2.75) is 19.9 Å². The van der Waals surface area contributed by atoms with Gasteiger partial charge in [-0.25, -0.2) is 0 Å². The SMILES string of the molecule is CC(=O)N1CCCN(CCOc2ccccc2CN)CC1. The normalized spacial score (nSPS) is 16.6. The Labute approximate surface area is 126 Å². The number of rotatable bonds is 5. The third-order valence-corrected chi connectivity index (χ3v) is 3.89. The van der Waals surface area contributed by atoms with Crippen LogP contribution in [0.1, 0.15) is 18.9 Å². The molecule has 2 N–H and O–H groups in total. The molecule has 0 unspecified atom stereocenters. The Balaban J connectivity index is 1.77. The first kappa shape index (κ1) is 15.8. The maximum Gasteiger partial charge on any atom is 0.219 e. The van der Waals surface area contributed by atoms with E-state index in [2.05, 4.69) is 4.90 Å². The molecule has 1 aromatic carbocycles. The van der Waals surface area contributed by atoms with Crippen molar-refractivity contribution in [3.63, 3.8) is 0 Å². The molecule has 0 radical (unpaired) electrons. The summed E-state index contributed by atoms with van der Waals surface area (Å²) in [6.45, 7) is 7.28. The molecule has 1 heterocycles. The molecule has 1 aliphatic rings. The molecule has 1 amide bonds. The number of hydrogen-bond acceptors (Lipinski definition) is 4. The monoisotopic (exact) mass is 291 g/mol. The van der Waals surface area contributed by atoms with E-state index >= 15 is 0 Å². The van der Waals surface area contributed by atoms with E-state index in [4.69, 9.17) is 10.5 Å². The fourth-order valence-electron chi connectivity index (χ4n) is 2.61. The number of benzene rings is 1. The lowest BCUT2D eigenvalue weighted by molar-refractivity contribution is -0.128. The topological polar surface area (TPSA) is 58.8 Å². The quantitative estimate of drug-likeness (QED) is 0.882. The van der Waals surface area contributed by atoms with Gasteiger partial charge in [-0.3, -0.25) is 9.69 Å². The molecule has 5 nitrogen and oxygen atoms in total. The van der Waals surface area contributed by atoms with Crippen LogP contribution in [0, 0.1) is 0 Å². The highest BCUT2D eigenvalue weighted by molar-refractivity contribution is 5.73. The van der Waals surface area contributed by atoms with Crippen LogP contribution in [0.3, 0.4) is 0 Å². The highest BCUT2D eigenvalue weighted by Crippen LogP contribution is 2.17. The molecule has 116 valence electrons. The molecule has 0 spiro atoms. The van der Waals surface area contributed by atoms with E-state index in [1.165, 1.54) is 0 Å². The first-order valence-corrected chi connectivity index (χ1v) is 7.59. The third-order valence-electron chi connectivity index (χ3n) is 3.89. The third kappa shape index (κ3) is 4.72. The van der Waals surface area contributed by atoms with Gasteiger partial charge in [0.2, 0.25) is 5.91 Å². The van der Waals surface area contributed by atoms with Crippen molar-refractivity contribution < 1.29 is 9.53 Å². The fourth-order valence-corrected chi connectivity index (χ4v) is 2.61. The van der Waals surface area contributed by atoms with Gasteiger partial charge >= 0.3 is 0 Å². The largest absolute Gasteiger partial charge is 0.492 e. The van der Waals surface area contributed by atoms with Crippen LogP contribution in [-0.4, -0.2) is 55.0 Å². The van der Waals surface area contributed by atoms with Crippen LogP contribution in [0.2, 0.25) is 0 Å². The van der Waals surface area contributed by atoms with Crippen molar-refractivity contribution in [1.29, 1.82) is 0 Å². The van der Waals surface area contributed by atoms with Gasteiger partial charge in [0.1, 0.15) is 12.4 Å². The summed E-state index contributed by atoms with van der Waals surface area (Å²) in [6, 6.07) is 7.89. The Bertz CT molecular complexity index is 465. The summed E-state index contributed by atoms with van der Waals surface area (Å²) in [7, 11) is 0. The van der Waals surface area contributed by atoms with Gasteiger partial charge in [-0.1, -0.05) is 18.2 Å². The van der Waals surface area contributed by atoms with Crippen LogP contribution < -0.4 is 10.5 Å². The van der Waals surface area contributed by atoms with Crippen molar-refractivity contribution in [2.24, 2.45) is 5.73 Å². The summed E-state index contributed by atoms with van der Waals surface area (Å²) in [6.07, 6.45) is 1.03. The van der Waals surface area contributed by atoms with E-state index in [1.54, 1.807) is 6.92 Å². The van der Waals surface area contributed by atoms with Gasteiger partial charge in [0.25, 0.3) is 0 Å². The Morgan fingerprint density at radius 3 is 2.81 bits per heavy atom. The summed E-state index contributed by atoms with van der Waals surface area (Å²) in [5, 5.41) is 0. The first-order valence-electron chi connectivity index (χ1n) is 7.59. The molecular formula is C16H25N3O2. The minimum absolute atomic E-state index is 0.171. The summed E-state index contributed by atoms with van der Waals surface area (Å²) in [5.41, 5.74) is 6.74. The van der Waals surface area contributed by atoms with Crippen molar-refractivity contribution >= 4 is 5.91 Å². The van der Waals surface area contributed by atoms with E-state index in [1.807, 2.05) is 29.2 Å². The number of nitrogens with zero attached hydrogens (tertiary/aromatic N) is 2. The molecule has 1 aliphatic heterocycles. The second-order valence-corrected chi connectivity index (χ2v) is 5.36. The molecule has 2 rings (SSSR count). The molecule has 1 fully saturated rings. The van der Waals surface area contributed by atoms with Crippen molar-refractivity contribution in [3.8, 4) is 5.75 Å². The van der Waals surface area contributed by atoms with E-state index < -0.39 is 0 Å². The van der Waals surface area contributed by atoms with Gasteiger partial charge in [-0.15, -0.1) is 0 Å². The van der Waals surface area contributed by atoms with Crippen molar-refractivity contribution in [3.05, 3.63) is 29.8 Å². The van der Waals surface area contributed by atoms with Crippen molar-refractivity contribution in [2.75, 3.05) is 39.3 Å². The van der Waals surface area contributed by atoms with Crippen LogP contribution in [0.25, 0.3) is 0 Å². The average molecular weight is 291 g/mol. The van der Waals surface area contributed by atoms with E-state index in [0.717, 1.165) is 50.5 Å². The molecule has 1 saturated heterocycles. The lowest BCUT2D eigenvalue weighted by Gasteiger charge is -2.21. The molecular weight excluding hydrogens is 266 g/mol. The summed E-state index contributed by atoms with van der Waals surface area (Å²) < 4.78 is 5.84. The number of ether oxygens (including phenoxy) is 1. The molecule has 0 saturated carbocycles. The second kappa shape index (κ2) is 8.00. The molecule has 0 bridgehead atoms. The highest BCUT2D eigenvalue weighted by Gasteiger charge is 2.16. The molecule has 0 atom stereocenters. The maximum absolute atomic E-state index is 11.4. The van der Waals surface area contributed by atoms with Crippen LogP contribution in [0.4, 0.5) is 0 Å². The van der Waals surface area contributed by atoms with Crippen LogP contribution >= 0.6 is 0 Å². The maximum atomic E-state index is 11.4. The van der Waals surface area contributed by atoms with Crippen LogP contribution in [0.15, 0.2) is 24.3 Å². The smallest absolute Gasteiger partial charge is 0.219 e. The van der Waals surface area contributed by atoms with Gasteiger partial charge in [0, 0.05) is 51.8 Å². The number of para-hydroxylation sites is 1. The molecule has 5 heteroatoms. The standard InChI is InChI=1S/C16H25N3O2/c1-14(20)19-8-4-7-18(9-10-19)11-12-21-16-6-3-2-5-15(16)13-17/h2-3,5-6H,4,7-13,17H2,1H3. The minimum Gasteiger partial charge on any atom is -0.492 e. The summed E-state index contributed by atoms with van der Waals surface area (Å²) in [5.74, 6) is 1.05. The zero-order chi connectivity index (χ0) is 15.1. The van der Waals surface area contributed by atoms with E-state index in [9.17, 15) is 4.79 Å². The summed E-state index contributed by atoms with van der Waals surface area (Å²) >= 11 is 0. The minimum atomic E-state index is 0.171. The number of hydrogen-bond donors (Lipinski definition) is 1. The van der Waals surface area contributed by atoms with Gasteiger partial charge in [0.05, 0.1) is 0 Å². The predicted molar refractivity (Wildman–Crippen MR) is 83.1 cm³/mol.